The van der Waals surface area contributed by atoms with Crippen molar-refractivity contribution in [2.24, 2.45) is 5.73 Å². The molecular weight excluding hydrogens is 266 g/mol. The van der Waals surface area contributed by atoms with Gasteiger partial charge >= 0.3 is 5.97 Å². The lowest BCUT2D eigenvalue weighted by molar-refractivity contribution is -0.123. The maximum Gasteiger partial charge on any atom is 0.347 e. The molecule has 6 nitrogen and oxygen atoms in total. The second kappa shape index (κ2) is 5.26. The quantitative estimate of drug-likeness (QED) is 0.748. The molecule has 1 aromatic rings. The molecule has 0 bridgehead atoms. The minimum atomic E-state index is -0.983. The number of amides is 1. The number of aromatic carboxylic acids is 1. The predicted octanol–water partition coefficient (Wildman–Crippen LogP) is 1.04. The van der Waals surface area contributed by atoms with Crippen LogP contribution >= 0.6 is 11.3 Å². The van der Waals surface area contributed by atoms with Crippen LogP contribution in [-0.4, -0.2) is 27.5 Å². The molecule has 1 amide bonds. The van der Waals surface area contributed by atoms with Crippen molar-refractivity contribution in [2.45, 2.75) is 44.7 Å². The second-order valence-electron chi connectivity index (χ2n) is 5.00. The summed E-state index contributed by atoms with van der Waals surface area (Å²) in [6.07, 6.45) is 3.18. The van der Waals surface area contributed by atoms with E-state index in [2.05, 4.69) is 10.3 Å². The highest BCUT2D eigenvalue weighted by atomic mass is 32.1. The first-order chi connectivity index (χ1) is 8.89. The Hall–Kier alpha value is -1.47. The first kappa shape index (κ1) is 14.0. The lowest BCUT2D eigenvalue weighted by Gasteiger charge is -2.37. The van der Waals surface area contributed by atoms with E-state index in [1.807, 2.05) is 0 Å². The predicted molar refractivity (Wildman–Crippen MR) is 71.0 cm³/mol. The molecule has 0 aliphatic heterocycles. The number of aromatic nitrogens is 1. The van der Waals surface area contributed by atoms with Crippen molar-refractivity contribution in [1.82, 2.24) is 10.3 Å². The molecule has 0 saturated heterocycles. The number of rotatable bonds is 5. The van der Waals surface area contributed by atoms with E-state index in [0.717, 1.165) is 30.6 Å². The summed E-state index contributed by atoms with van der Waals surface area (Å²) in [4.78, 5) is 26.9. The molecule has 1 aromatic heterocycles. The SMILES string of the molecule is Cc1nc(CNC(=O)CC2(N)CCC2)sc1C(=O)O. The van der Waals surface area contributed by atoms with E-state index in [1.165, 1.54) is 0 Å². The van der Waals surface area contributed by atoms with Crippen LogP contribution in [0.1, 0.15) is 46.1 Å². The number of carboxylic acids is 1. The number of nitrogens with one attached hydrogen (secondary N) is 1. The van der Waals surface area contributed by atoms with E-state index in [1.54, 1.807) is 6.92 Å². The van der Waals surface area contributed by atoms with Crippen molar-refractivity contribution in [3.05, 3.63) is 15.6 Å². The fourth-order valence-electron chi connectivity index (χ4n) is 2.09. The average molecular weight is 283 g/mol. The van der Waals surface area contributed by atoms with Crippen molar-refractivity contribution in [1.29, 1.82) is 0 Å². The number of carboxylic acid groups (broad SMARTS) is 1. The summed E-state index contributed by atoms with van der Waals surface area (Å²) in [5.41, 5.74) is 6.13. The molecule has 0 spiro atoms. The van der Waals surface area contributed by atoms with E-state index in [4.69, 9.17) is 10.8 Å². The van der Waals surface area contributed by atoms with Gasteiger partial charge in [0.2, 0.25) is 5.91 Å². The summed E-state index contributed by atoms with van der Waals surface area (Å²) < 4.78 is 0. The molecule has 1 saturated carbocycles. The van der Waals surface area contributed by atoms with Gasteiger partial charge in [0.25, 0.3) is 0 Å². The zero-order valence-corrected chi connectivity index (χ0v) is 11.5. The molecule has 7 heteroatoms. The number of hydrogen-bond donors (Lipinski definition) is 3. The van der Waals surface area contributed by atoms with Crippen molar-refractivity contribution >= 4 is 23.2 Å². The molecule has 19 heavy (non-hydrogen) atoms. The lowest BCUT2D eigenvalue weighted by atomic mass is 9.75. The summed E-state index contributed by atoms with van der Waals surface area (Å²) in [7, 11) is 0. The molecule has 1 aliphatic carbocycles. The van der Waals surface area contributed by atoms with Crippen LogP contribution in [0, 0.1) is 6.92 Å². The molecule has 1 fully saturated rings. The summed E-state index contributed by atoms with van der Waals surface area (Å²) in [6, 6.07) is 0. The van der Waals surface area contributed by atoms with Crippen LogP contribution in [0.5, 0.6) is 0 Å². The molecular formula is C12H17N3O3S. The highest BCUT2D eigenvalue weighted by Crippen LogP contribution is 2.31. The Balaban J connectivity index is 1.86. The highest BCUT2D eigenvalue weighted by Gasteiger charge is 2.34. The molecule has 2 rings (SSSR count). The molecule has 0 radical (unpaired) electrons. The zero-order chi connectivity index (χ0) is 14.0. The average Bonchev–Trinajstić information content (AvgIpc) is 2.66. The van der Waals surface area contributed by atoms with Crippen LogP contribution in [0.25, 0.3) is 0 Å². The Bertz CT molecular complexity index is 508. The van der Waals surface area contributed by atoms with Crippen LogP contribution < -0.4 is 11.1 Å². The maximum atomic E-state index is 11.7. The van der Waals surface area contributed by atoms with Crippen LogP contribution in [0.15, 0.2) is 0 Å². The van der Waals surface area contributed by atoms with Crippen LogP contribution in [0.3, 0.4) is 0 Å². The fraction of sp³-hybridized carbons (Fsp3) is 0.583. The normalized spacial score (nSPS) is 16.7. The molecule has 0 atom stereocenters. The Morgan fingerprint density at radius 2 is 2.21 bits per heavy atom. The first-order valence-electron chi connectivity index (χ1n) is 6.15. The van der Waals surface area contributed by atoms with Gasteiger partial charge in [-0.1, -0.05) is 0 Å². The number of nitrogens with two attached hydrogens (primary N) is 1. The molecule has 4 N–H and O–H groups in total. The number of hydrogen-bond acceptors (Lipinski definition) is 5. The van der Waals surface area contributed by atoms with Crippen LogP contribution in [0.4, 0.5) is 0 Å². The standard InChI is InChI=1S/C12H17N3O3S/c1-7-10(11(17)18)19-9(15-7)6-14-8(16)5-12(13)3-2-4-12/h2-6,13H2,1H3,(H,14,16)(H,17,18). The monoisotopic (exact) mass is 283 g/mol. The van der Waals surface area contributed by atoms with Gasteiger partial charge < -0.3 is 16.2 Å². The van der Waals surface area contributed by atoms with Crippen molar-refractivity contribution in [2.75, 3.05) is 0 Å². The van der Waals surface area contributed by atoms with Gasteiger partial charge in [0.05, 0.1) is 12.2 Å². The van der Waals surface area contributed by atoms with Crippen molar-refractivity contribution < 1.29 is 14.7 Å². The van der Waals surface area contributed by atoms with Gasteiger partial charge in [-0.2, -0.15) is 0 Å². The Kier molecular flexibility index (Phi) is 3.86. The van der Waals surface area contributed by atoms with Gasteiger partial charge in [-0.05, 0) is 26.2 Å². The third-order valence-corrected chi connectivity index (χ3v) is 4.48. The van der Waals surface area contributed by atoms with E-state index in [0.29, 0.717) is 17.1 Å². The fourth-order valence-corrected chi connectivity index (χ4v) is 2.93. The zero-order valence-electron chi connectivity index (χ0n) is 10.7. The van der Waals surface area contributed by atoms with Crippen molar-refractivity contribution in [3.63, 3.8) is 0 Å². The summed E-state index contributed by atoms with van der Waals surface area (Å²) in [5.74, 6) is -1.09. The third kappa shape index (κ3) is 3.30. The van der Waals surface area contributed by atoms with Crippen LogP contribution in [0.2, 0.25) is 0 Å². The van der Waals surface area contributed by atoms with Gasteiger partial charge in [-0.15, -0.1) is 11.3 Å². The summed E-state index contributed by atoms with van der Waals surface area (Å²) in [6.45, 7) is 1.90. The van der Waals surface area contributed by atoms with Crippen molar-refractivity contribution in [3.8, 4) is 0 Å². The minimum absolute atomic E-state index is 0.105. The maximum absolute atomic E-state index is 11.7. The van der Waals surface area contributed by atoms with E-state index in [-0.39, 0.29) is 22.9 Å². The topological polar surface area (TPSA) is 105 Å². The molecule has 0 unspecified atom stereocenters. The van der Waals surface area contributed by atoms with E-state index < -0.39 is 5.97 Å². The third-order valence-electron chi connectivity index (χ3n) is 3.33. The number of thiazole rings is 1. The number of carbonyl (C=O) groups is 2. The molecule has 1 heterocycles. The second-order valence-corrected chi connectivity index (χ2v) is 6.08. The number of carbonyl (C=O) groups excluding carboxylic acids is 1. The Labute approximate surface area is 115 Å². The van der Waals surface area contributed by atoms with Gasteiger partial charge in [0, 0.05) is 12.0 Å². The summed E-state index contributed by atoms with van der Waals surface area (Å²) in [5, 5.41) is 12.3. The smallest absolute Gasteiger partial charge is 0.347 e. The molecule has 0 aromatic carbocycles. The largest absolute Gasteiger partial charge is 0.477 e. The van der Waals surface area contributed by atoms with Gasteiger partial charge in [-0.25, -0.2) is 9.78 Å². The van der Waals surface area contributed by atoms with E-state index in [9.17, 15) is 9.59 Å². The van der Waals surface area contributed by atoms with Gasteiger partial charge in [-0.3, -0.25) is 4.79 Å². The lowest BCUT2D eigenvalue weighted by Crippen LogP contribution is -2.49. The van der Waals surface area contributed by atoms with Gasteiger partial charge in [0.1, 0.15) is 9.88 Å². The Morgan fingerprint density at radius 1 is 1.53 bits per heavy atom. The van der Waals surface area contributed by atoms with Gasteiger partial charge in [0.15, 0.2) is 0 Å². The molecule has 104 valence electrons. The van der Waals surface area contributed by atoms with Crippen LogP contribution in [-0.2, 0) is 11.3 Å². The molecule has 1 aliphatic rings. The first-order valence-corrected chi connectivity index (χ1v) is 6.96. The highest BCUT2D eigenvalue weighted by molar-refractivity contribution is 7.13. The number of nitrogens with zero attached hydrogens (tertiary/aromatic N) is 1. The number of aryl methyl sites for hydroxylation is 1. The Morgan fingerprint density at radius 3 is 2.68 bits per heavy atom. The van der Waals surface area contributed by atoms with E-state index >= 15 is 0 Å². The minimum Gasteiger partial charge on any atom is -0.477 e. The summed E-state index contributed by atoms with van der Waals surface area (Å²) >= 11 is 1.09.